The standard InChI is InChI=1S/C27H43ClN4O5/c1-18(24(33)15-19-8-10-23(29)11-9-19)31-25(34)32-14-3-6-21(17-32)27(37,12-4-13-30-26(35)36)20-5-2-7-22(28)16-20/h2,5,7,16,18-19,21,23-24,30,33,37H,3-4,6,8-15,17,29H2,1H3,(H,31,34)(H,35,36)/t18-,19?,21?,23?,24-,27+/m0/s1. The van der Waals surface area contributed by atoms with E-state index in [2.05, 4.69) is 10.6 Å². The number of urea groups is 1. The lowest BCUT2D eigenvalue weighted by atomic mass is 9.74. The van der Waals surface area contributed by atoms with Crippen LogP contribution in [0.2, 0.25) is 5.02 Å². The highest BCUT2D eigenvalue weighted by Crippen LogP contribution is 2.40. The molecule has 208 valence electrons. The van der Waals surface area contributed by atoms with Crippen molar-refractivity contribution in [3.63, 3.8) is 0 Å². The molecule has 1 heterocycles. The summed E-state index contributed by atoms with van der Waals surface area (Å²) in [5, 5.41) is 37.4. The number of hydrogen-bond acceptors (Lipinski definition) is 5. The van der Waals surface area contributed by atoms with Crippen LogP contribution in [0.1, 0.15) is 70.3 Å². The second kappa shape index (κ2) is 13.6. The van der Waals surface area contributed by atoms with Crippen molar-refractivity contribution in [3.05, 3.63) is 34.9 Å². The molecule has 7 N–H and O–H groups in total. The van der Waals surface area contributed by atoms with E-state index < -0.39 is 23.8 Å². The van der Waals surface area contributed by atoms with E-state index in [0.29, 0.717) is 48.9 Å². The lowest BCUT2D eigenvalue weighted by Crippen LogP contribution is -2.54. The summed E-state index contributed by atoms with van der Waals surface area (Å²) in [5.41, 5.74) is 5.39. The Kier molecular flexibility index (Phi) is 10.9. The van der Waals surface area contributed by atoms with E-state index in [9.17, 15) is 19.8 Å². The number of hydrogen-bond donors (Lipinski definition) is 6. The largest absolute Gasteiger partial charge is 0.465 e. The summed E-state index contributed by atoms with van der Waals surface area (Å²) in [6.07, 6.45) is 5.12. The van der Waals surface area contributed by atoms with Gasteiger partial charge in [0.2, 0.25) is 0 Å². The Morgan fingerprint density at radius 2 is 1.97 bits per heavy atom. The molecule has 2 aliphatic rings. The van der Waals surface area contributed by atoms with Gasteiger partial charge in [-0.15, -0.1) is 0 Å². The van der Waals surface area contributed by atoms with Crippen molar-refractivity contribution in [2.45, 2.75) is 88.5 Å². The molecule has 1 saturated carbocycles. The van der Waals surface area contributed by atoms with Gasteiger partial charge in [-0.25, -0.2) is 9.59 Å². The van der Waals surface area contributed by atoms with Crippen molar-refractivity contribution >= 4 is 23.7 Å². The van der Waals surface area contributed by atoms with Crippen LogP contribution in [0.5, 0.6) is 0 Å². The first-order valence-electron chi connectivity index (χ1n) is 13.5. The van der Waals surface area contributed by atoms with Gasteiger partial charge in [0.15, 0.2) is 0 Å². The third kappa shape index (κ3) is 8.46. The summed E-state index contributed by atoms with van der Waals surface area (Å²) in [4.78, 5) is 25.7. The number of nitrogens with two attached hydrogens (primary N) is 1. The van der Waals surface area contributed by atoms with Crippen molar-refractivity contribution in [2.24, 2.45) is 17.6 Å². The van der Waals surface area contributed by atoms with Gasteiger partial charge in [0.1, 0.15) is 0 Å². The molecule has 4 atom stereocenters. The van der Waals surface area contributed by atoms with E-state index in [4.69, 9.17) is 22.4 Å². The van der Waals surface area contributed by atoms with Gasteiger partial charge in [-0.3, -0.25) is 0 Å². The van der Waals surface area contributed by atoms with Crippen LogP contribution in [-0.4, -0.2) is 70.2 Å². The van der Waals surface area contributed by atoms with Crippen molar-refractivity contribution in [1.82, 2.24) is 15.5 Å². The number of amides is 3. The first-order chi connectivity index (χ1) is 17.6. The van der Waals surface area contributed by atoms with Gasteiger partial charge in [-0.2, -0.15) is 0 Å². The summed E-state index contributed by atoms with van der Waals surface area (Å²) in [5.74, 6) is 0.179. The molecule has 2 fully saturated rings. The molecule has 0 spiro atoms. The number of carbonyl (C=O) groups is 2. The molecule has 1 aromatic rings. The topological polar surface area (TPSA) is 148 Å². The SMILES string of the molecule is C[C@H](NC(=O)N1CCCC([C@@](O)(CCCNC(=O)O)c2cccc(Cl)c2)C1)[C@@H](O)CC1CCC(N)CC1. The van der Waals surface area contributed by atoms with E-state index in [1.807, 2.05) is 13.0 Å². The molecule has 0 bridgehead atoms. The highest BCUT2D eigenvalue weighted by Gasteiger charge is 2.41. The highest BCUT2D eigenvalue weighted by atomic mass is 35.5. The molecule has 3 amide bonds. The number of nitrogens with zero attached hydrogens (tertiary/aromatic N) is 1. The molecule has 0 aromatic heterocycles. The number of benzene rings is 1. The Bertz CT molecular complexity index is 897. The zero-order valence-corrected chi connectivity index (χ0v) is 22.5. The van der Waals surface area contributed by atoms with Gasteiger partial charge in [0, 0.05) is 36.6 Å². The summed E-state index contributed by atoms with van der Waals surface area (Å²) >= 11 is 6.23. The van der Waals surface area contributed by atoms with Crippen LogP contribution >= 0.6 is 11.6 Å². The molecule has 9 nitrogen and oxygen atoms in total. The van der Waals surface area contributed by atoms with E-state index >= 15 is 0 Å². The van der Waals surface area contributed by atoms with Crippen LogP contribution in [0.4, 0.5) is 9.59 Å². The maximum Gasteiger partial charge on any atom is 0.404 e. The van der Waals surface area contributed by atoms with Crippen LogP contribution in [0.3, 0.4) is 0 Å². The predicted octanol–water partition coefficient (Wildman–Crippen LogP) is 3.65. The summed E-state index contributed by atoms with van der Waals surface area (Å²) in [6, 6.07) is 6.71. The third-order valence-corrected chi connectivity index (χ3v) is 8.35. The van der Waals surface area contributed by atoms with E-state index in [1.165, 1.54) is 0 Å². The minimum Gasteiger partial charge on any atom is -0.465 e. The highest BCUT2D eigenvalue weighted by molar-refractivity contribution is 6.30. The minimum atomic E-state index is -1.27. The fourth-order valence-electron chi connectivity index (χ4n) is 5.80. The Balaban J connectivity index is 1.62. The summed E-state index contributed by atoms with van der Waals surface area (Å²) < 4.78 is 0. The van der Waals surface area contributed by atoms with Crippen LogP contribution in [0.15, 0.2) is 24.3 Å². The second-order valence-electron chi connectivity index (χ2n) is 10.9. The Morgan fingerprint density at radius 1 is 1.24 bits per heavy atom. The first kappa shape index (κ1) is 29.5. The van der Waals surface area contributed by atoms with Crippen LogP contribution in [0, 0.1) is 11.8 Å². The molecule has 1 aromatic carbocycles. The van der Waals surface area contributed by atoms with Crippen LogP contribution in [0.25, 0.3) is 0 Å². The maximum atomic E-state index is 13.2. The number of aliphatic hydroxyl groups excluding tert-OH is 1. The molecule has 1 aliphatic heterocycles. The smallest absolute Gasteiger partial charge is 0.404 e. The number of rotatable bonds is 10. The Hall–Kier alpha value is -2.07. The van der Waals surface area contributed by atoms with Crippen molar-refractivity contribution in [3.8, 4) is 0 Å². The monoisotopic (exact) mass is 538 g/mol. The average Bonchev–Trinajstić information content (AvgIpc) is 2.87. The van der Waals surface area contributed by atoms with E-state index in [-0.39, 0.29) is 24.5 Å². The number of piperidine rings is 1. The molecule has 0 radical (unpaired) electrons. The molecule has 1 saturated heterocycles. The molecule has 10 heteroatoms. The van der Waals surface area contributed by atoms with Crippen molar-refractivity contribution in [2.75, 3.05) is 19.6 Å². The number of halogens is 1. The van der Waals surface area contributed by atoms with E-state index in [0.717, 1.165) is 38.5 Å². The van der Waals surface area contributed by atoms with Crippen LogP contribution < -0.4 is 16.4 Å². The molecule has 3 rings (SSSR count). The van der Waals surface area contributed by atoms with Gasteiger partial charge in [0.25, 0.3) is 0 Å². The fraction of sp³-hybridized carbons (Fsp3) is 0.704. The second-order valence-corrected chi connectivity index (χ2v) is 11.3. The normalized spacial score (nSPS) is 25.5. The van der Waals surface area contributed by atoms with E-state index in [1.54, 1.807) is 23.1 Å². The lowest BCUT2D eigenvalue weighted by Gasteiger charge is -2.43. The Morgan fingerprint density at radius 3 is 2.65 bits per heavy atom. The number of carboxylic acid groups (broad SMARTS) is 1. The molecule has 37 heavy (non-hydrogen) atoms. The van der Waals surface area contributed by atoms with Gasteiger partial charge in [0.05, 0.1) is 17.7 Å². The van der Waals surface area contributed by atoms with Gasteiger partial charge < -0.3 is 36.6 Å². The molecular formula is C27H43ClN4O5. The molecule has 1 unspecified atom stereocenters. The van der Waals surface area contributed by atoms with Crippen molar-refractivity contribution in [1.29, 1.82) is 0 Å². The van der Waals surface area contributed by atoms with Gasteiger partial charge >= 0.3 is 12.1 Å². The number of nitrogens with one attached hydrogen (secondary N) is 2. The van der Waals surface area contributed by atoms with Gasteiger partial charge in [-0.1, -0.05) is 23.7 Å². The number of aliphatic hydroxyl groups is 2. The molecular weight excluding hydrogens is 496 g/mol. The minimum absolute atomic E-state index is 0.220. The average molecular weight is 539 g/mol. The summed E-state index contributed by atoms with van der Waals surface area (Å²) in [6.45, 7) is 2.97. The quantitative estimate of drug-likeness (QED) is 0.250. The zero-order valence-electron chi connectivity index (χ0n) is 21.7. The number of likely N-dealkylation sites (tertiary alicyclic amines) is 1. The zero-order chi connectivity index (χ0) is 27.0. The first-order valence-corrected chi connectivity index (χ1v) is 13.9. The molecule has 1 aliphatic carbocycles. The van der Waals surface area contributed by atoms with Crippen molar-refractivity contribution < 1.29 is 24.9 Å². The third-order valence-electron chi connectivity index (χ3n) is 8.11. The maximum absolute atomic E-state index is 13.2. The Labute approximate surface area is 224 Å². The lowest BCUT2D eigenvalue weighted by molar-refractivity contribution is -0.0554. The summed E-state index contributed by atoms with van der Waals surface area (Å²) in [7, 11) is 0. The predicted molar refractivity (Wildman–Crippen MR) is 143 cm³/mol. The number of carbonyl (C=O) groups excluding carboxylic acids is 1. The fourth-order valence-corrected chi connectivity index (χ4v) is 5.99. The van der Waals surface area contributed by atoms with Crippen LogP contribution in [-0.2, 0) is 5.60 Å². The van der Waals surface area contributed by atoms with Gasteiger partial charge in [-0.05, 0) is 88.3 Å².